The smallest absolute Gasteiger partial charge is 0.331 e. The van der Waals surface area contributed by atoms with Gasteiger partial charge in [0, 0.05) is 37.5 Å². The van der Waals surface area contributed by atoms with Gasteiger partial charge in [-0.15, -0.1) is 0 Å². The van der Waals surface area contributed by atoms with Crippen molar-refractivity contribution in [1.29, 1.82) is 0 Å². The molecular formula is C16H18N2O4. The van der Waals surface area contributed by atoms with Gasteiger partial charge in [0.25, 0.3) is 5.91 Å². The first-order chi connectivity index (χ1) is 10.5. The molecular weight excluding hydrogens is 284 g/mol. The molecule has 6 heteroatoms. The summed E-state index contributed by atoms with van der Waals surface area (Å²) < 4.78 is 7.21. The maximum absolute atomic E-state index is 12.9. The van der Waals surface area contributed by atoms with E-state index in [9.17, 15) is 14.7 Å². The second-order valence-electron chi connectivity index (χ2n) is 5.43. The zero-order valence-corrected chi connectivity index (χ0v) is 12.6. The zero-order chi connectivity index (χ0) is 15.9. The van der Waals surface area contributed by atoms with Crippen molar-refractivity contribution in [2.24, 2.45) is 7.05 Å². The fraction of sp³-hybridized carbons (Fsp3) is 0.375. The minimum absolute atomic E-state index is 0.239. The van der Waals surface area contributed by atoms with Crippen molar-refractivity contribution in [2.75, 3.05) is 6.54 Å². The number of rotatable bonds is 3. The molecule has 1 aliphatic heterocycles. The molecule has 3 heterocycles. The van der Waals surface area contributed by atoms with Crippen LogP contribution in [0.3, 0.4) is 0 Å². The Labute approximate surface area is 127 Å². The number of aryl methyl sites for hydroxylation is 1. The van der Waals surface area contributed by atoms with Gasteiger partial charge < -0.3 is 19.0 Å². The second kappa shape index (κ2) is 5.36. The Morgan fingerprint density at radius 2 is 2.18 bits per heavy atom. The average molecular weight is 302 g/mol. The first-order valence-electron chi connectivity index (χ1n) is 7.28. The number of aliphatic carboxylic acids is 1. The number of hydrogen-bond donors (Lipinski definition) is 1. The number of fused-ring (bicyclic) bond motifs is 1. The van der Waals surface area contributed by atoms with E-state index in [2.05, 4.69) is 0 Å². The number of carboxylic acid groups (broad SMARTS) is 1. The molecule has 2 aromatic heterocycles. The normalized spacial score (nSPS) is 17.4. The molecule has 1 amide bonds. The Kier molecular flexibility index (Phi) is 3.52. The van der Waals surface area contributed by atoms with E-state index in [1.165, 1.54) is 11.2 Å². The van der Waals surface area contributed by atoms with Crippen LogP contribution in [0.25, 0.3) is 0 Å². The number of carbonyl (C=O) groups is 2. The van der Waals surface area contributed by atoms with Crippen molar-refractivity contribution in [2.45, 2.75) is 25.8 Å². The molecule has 0 aliphatic carbocycles. The molecule has 0 saturated heterocycles. The van der Waals surface area contributed by atoms with E-state index in [0.717, 1.165) is 5.69 Å². The lowest BCUT2D eigenvalue weighted by Gasteiger charge is -2.32. The Bertz CT molecular complexity index is 728. The predicted octanol–water partition coefficient (Wildman–Crippen LogP) is 2.00. The summed E-state index contributed by atoms with van der Waals surface area (Å²) in [6, 6.07) is 2.41. The van der Waals surface area contributed by atoms with E-state index in [-0.39, 0.29) is 5.91 Å². The summed E-state index contributed by atoms with van der Waals surface area (Å²) in [5.41, 5.74) is 2.05. The molecule has 3 rings (SSSR count). The van der Waals surface area contributed by atoms with Crippen LogP contribution in [0.2, 0.25) is 0 Å². The summed E-state index contributed by atoms with van der Waals surface area (Å²) in [5, 5.41) is 9.56. The van der Waals surface area contributed by atoms with Crippen LogP contribution in [0.5, 0.6) is 0 Å². The number of aromatic nitrogens is 1. The largest absolute Gasteiger partial charge is 0.479 e. The molecule has 1 unspecified atom stereocenters. The summed E-state index contributed by atoms with van der Waals surface area (Å²) in [7, 11) is 1.88. The van der Waals surface area contributed by atoms with Crippen LogP contribution < -0.4 is 0 Å². The van der Waals surface area contributed by atoms with Gasteiger partial charge in [-0.3, -0.25) is 4.79 Å². The second-order valence-corrected chi connectivity index (χ2v) is 5.43. The number of nitrogens with zero attached hydrogens (tertiary/aromatic N) is 2. The topological polar surface area (TPSA) is 75.7 Å². The van der Waals surface area contributed by atoms with Gasteiger partial charge >= 0.3 is 5.97 Å². The van der Waals surface area contributed by atoms with E-state index in [1.807, 2.05) is 24.7 Å². The molecule has 2 aromatic rings. The maximum atomic E-state index is 12.9. The van der Waals surface area contributed by atoms with Crippen LogP contribution in [-0.2, 0) is 24.7 Å². The van der Waals surface area contributed by atoms with Gasteiger partial charge in [0.05, 0.1) is 11.8 Å². The number of amides is 1. The van der Waals surface area contributed by atoms with Crippen LogP contribution in [0.15, 0.2) is 29.0 Å². The molecule has 6 nitrogen and oxygen atoms in total. The molecule has 0 aromatic carbocycles. The molecule has 1 N–H and O–H groups in total. The van der Waals surface area contributed by atoms with Crippen molar-refractivity contribution in [3.05, 3.63) is 47.2 Å². The summed E-state index contributed by atoms with van der Waals surface area (Å²) >= 11 is 0. The molecule has 0 spiro atoms. The highest BCUT2D eigenvalue weighted by Gasteiger charge is 2.38. The molecule has 0 radical (unpaired) electrons. The zero-order valence-electron chi connectivity index (χ0n) is 12.6. The van der Waals surface area contributed by atoms with Gasteiger partial charge in [-0.2, -0.15) is 0 Å². The van der Waals surface area contributed by atoms with Crippen LogP contribution in [-0.4, -0.2) is 33.0 Å². The van der Waals surface area contributed by atoms with Gasteiger partial charge in [-0.1, -0.05) is 6.92 Å². The fourth-order valence-electron chi connectivity index (χ4n) is 3.15. The molecule has 1 aliphatic rings. The number of carbonyl (C=O) groups excluding carboxylic acids is 1. The van der Waals surface area contributed by atoms with Crippen molar-refractivity contribution in [3.8, 4) is 0 Å². The highest BCUT2D eigenvalue weighted by Crippen LogP contribution is 2.32. The highest BCUT2D eigenvalue weighted by atomic mass is 16.4. The molecule has 0 fully saturated rings. The Hall–Kier alpha value is -2.50. The molecule has 0 saturated carbocycles. The van der Waals surface area contributed by atoms with E-state index in [0.29, 0.717) is 36.3 Å². The minimum atomic E-state index is -1.04. The van der Waals surface area contributed by atoms with E-state index >= 15 is 0 Å². The predicted molar refractivity (Wildman–Crippen MR) is 78.6 cm³/mol. The van der Waals surface area contributed by atoms with E-state index in [4.69, 9.17) is 4.42 Å². The third-order valence-electron chi connectivity index (χ3n) is 4.23. The van der Waals surface area contributed by atoms with Gasteiger partial charge in [0.2, 0.25) is 0 Å². The van der Waals surface area contributed by atoms with Crippen molar-refractivity contribution in [1.82, 2.24) is 9.47 Å². The fourth-order valence-corrected chi connectivity index (χ4v) is 3.15. The third-order valence-corrected chi connectivity index (χ3v) is 4.23. The van der Waals surface area contributed by atoms with Crippen molar-refractivity contribution >= 4 is 11.9 Å². The average Bonchev–Trinajstić information content (AvgIpc) is 3.10. The van der Waals surface area contributed by atoms with Crippen LogP contribution in [0, 0.1) is 0 Å². The number of carboxylic acids is 1. The third kappa shape index (κ3) is 2.11. The monoisotopic (exact) mass is 302 g/mol. The Morgan fingerprint density at radius 1 is 1.41 bits per heavy atom. The maximum Gasteiger partial charge on any atom is 0.331 e. The summed E-state index contributed by atoms with van der Waals surface area (Å²) in [4.78, 5) is 26.0. The molecule has 0 bridgehead atoms. The summed E-state index contributed by atoms with van der Waals surface area (Å²) in [5.74, 6) is -0.624. The van der Waals surface area contributed by atoms with Gasteiger partial charge in [-0.05, 0) is 18.6 Å². The van der Waals surface area contributed by atoms with Crippen LogP contribution >= 0.6 is 0 Å². The Morgan fingerprint density at radius 3 is 2.86 bits per heavy atom. The molecule has 1 atom stereocenters. The number of hydrogen-bond acceptors (Lipinski definition) is 3. The molecule has 116 valence electrons. The van der Waals surface area contributed by atoms with Crippen molar-refractivity contribution < 1.29 is 19.1 Å². The Balaban J connectivity index is 2.00. The first-order valence-corrected chi connectivity index (χ1v) is 7.28. The van der Waals surface area contributed by atoms with Crippen molar-refractivity contribution in [3.63, 3.8) is 0 Å². The quantitative estimate of drug-likeness (QED) is 0.941. The van der Waals surface area contributed by atoms with E-state index < -0.39 is 12.0 Å². The molecule has 22 heavy (non-hydrogen) atoms. The van der Waals surface area contributed by atoms with Gasteiger partial charge in [-0.25, -0.2) is 4.79 Å². The lowest BCUT2D eigenvalue weighted by atomic mass is 9.98. The summed E-state index contributed by atoms with van der Waals surface area (Å²) in [6.45, 7) is 2.32. The number of furan rings is 1. The van der Waals surface area contributed by atoms with Crippen LogP contribution in [0.4, 0.5) is 0 Å². The van der Waals surface area contributed by atoms with Crippen LogP contribution in [0.1, 0.15) is 40.3 Å². The van der Waals surface area contributed by atoms with E-state index in [1.54, 1.807) is 12.1 Å². The minimum Gasteiger partial charge on any atom is -0.479 e. The lowest BCUT2D eigenvalue weighted by Crippen LogP contribution is -2.43. The highest BCUT2D eigenvalue weighted by molar-refractivity contribution is 5.98. The standard InChI is InChI=1S/C16H18N2O4/c1-3-12-10(4-7-17(12)2)15(19)18-8-5-13-11(6-9-22-13)14(18)16(20)21/h4,6-7,9,14H,3,5,8H2,1-2H3,(H,20,21). The SMILES string of the molecule is CCc1c(C(=O)N2CCc3occc3C2C(=O)O)ccn1C. The van der Waals surface area contributed by atoms with Gasteiger partial charge in [0.15, 0.2) is 6.04 Å². The van der Waals surface area contributed by atoms with Gasteiger partial charge in [0.1, 0.15) is 5.76 Å². The summed E-state index contributed by atoms with van der Waals surface area (Å²) in [6.07, 6.45) is 4.56. The first kappa shape index (κ1) is 14.4. The lowest BCUT2D eigenvalue weighted by molar-refractivity contribution is -0.143.